The molecule has 3 rings (SSSR count). The van der Waals surface area contributed by atoms with Gasteiger partial charge in [0.1, 0.15) is 15.6 Å². The number of nitrogens with zero attached hydrogens (tertiary/aromatic N) is 2. The highest BCUT2D eigenvalue weighted by Gasteiger charge is 2.30. The molecule has 2 N–H and O–H groups in total. The van der Waals surface area contributed by atoms with E-state index in [1.54, 1.807) is 4.57 Å². The predicted molar refractivity (Wildman–Crippen MR) is 164 cm³/mol. The molecule has 41 heavy (non-hydrogen) atoms. The van der Waals surface area contributed by atoms with E-state index in [1.165, 1.54) is 83.1 Å². The normalized spacial score (nSPS) is 12.4. The zero-order valence-electron chi connectivity index (χ0n) is 24.3. The molecule has 0 spiro atoms. The van der Waals surface area contributed by atoms with Gasteiger partial charge in [0.15, 0.2) is 0 Å². The molecule has 0 bridgehead atoms. The Bertz CT molecular complexity index is 1430. The highest BCUT2D eigenvalue weighted by atomic mass is 32.2. The van der Waals surface area contributed by atoms with Crippen LogP contribution in [0, 0.1) is 0 Å². The highest BCUT2D eigenvalue weighted by molar-refractivity contribution is 7.89. The predicted octanol–water partition coefficient (Wildman–Crippen LogP) is 7.99. The fraction of sp³-hybridized carbons (Fsp3) is 0.581. The number of benzene rings is 2. The largest absolute Gasteiger partial charge is 0.322 e. The number of fused-ring (bicyclic) bond motifs is 1. The number of unbranched alkanes of at least 4 members (excludes halogenated alkanes) is 14. The monoisotopic (exact) mass is 606 g/mol. The summed E-state index contributed by atoms with van der Waals surface area (Å²) in [5, 5.41) is 0. The van der Waals surface area contributed by atoms with Crippen LogP contribution in [0.4, 0.5) is 0 Å². The van der Waals surface area contributed by atoms with Crippen LogP contribution >= 0.6 is 0 Å². The van der Waals surface area contributed by atoms with E-state index in [4.69, 9.17) is 0 Å². The van der Waals surface area contributed by atoms with Gasteiger partial charge in [0.2, 0.25) is 0 Å². The Labute approximate surface area is 246 Å². The fourth-order valence-electron chi connectivity index (χ4n) is 5.46. The van der Waals surface area contributed by atoms with Gasteiger partial charge in [-0.1, -0.05) is 127 Å². The molecule has 2 aromatic carbocycles. The molecule has 0 atom stereocenters. The van der Waals surface area contributed by atoms with Crippen molar-refractivity contribution in [1.29, 1.82) is 0 Å². The van der Waals surface area contributed by atoms with Crippen molar-refractivity contribution in [3.05, 3.63) is 53.9 Å². The second-order valence-electron chi connectivity index (χ2n) is 11.0. The second kappa shape index (κ2) is 16.4. The molecule has 8 nitrogen and oxygen atoms in total. The molecule has 0 aliphatic heterocycles. The average Bonchev–Trinajstić information content (AvgIpc) is 3.26. The molecule has 1 aromatic heterocycles. The van der Waals surface area contributed by atoms with E-state index < -0.39 is 30.0 Å². The number of hydrogen-bond acceptors (Lipinski definition) is 5. The summed E-state index contributed by atoms with van der Waals surface area (Å²) in [6, 6.07) is 11.7. The lowest BCUT2D eigenvalue weighted by molar-refractivity contribution is 0.467. The lowest BCUT2D eigenvalue weighted by Gasteiger charge is -2.13. The standard InChI is InChI=1S/C31H46N2O6S2/c1-2-3-4-5-6-7-8-9-10-11-12-13-14-15-19-22-29-32-27-23-24-28(40(34,35)36)31(41(37,38)39)30(27)33(29)25-26-20-17-16-18-21-26/h16-18,20-21,23-24H,2-15,19,22,25H2,1H3,(H,34,35,36)(H,37,38,39). The summed E-state index contributed by atoms with van der Waals surface area (Å²) < 4.78 is 70.1. The van der Waals surface area contributed by atoms with Gasteiger partial charge >= 0.3 is 0 Å². The van der Waals surface area contributed by atoms with Gasteiger partial charge in [-0.3, -0.25) is 9.11 Å². The lowest BCUT2D eigenvalue weighted by atomic mass is 10.0. The third kappa shape index (κ3) is 10.5. The van der Waals surface area contributed by atoms with Crippen molar-refractivity contribution in [3.8, 4) is 0 Å². The van der Waals surface area contributed by atoms with Crippen LogP contribution in [0.1, 0.15) is 115 Å². The molecule has 228 valence electrons. The molecule has 0 fully saturated rings. The minimum absolute atomic E-state index is 0.0255. The van der Waals surface area contributed by atoms with Gasteiger partial charge in [0, 0.05) is 13.0 Å². The Morgan fingerprint density at radius 2 is 1.17 bits per heavy atom. The summed E-state index contributed by atoms with van der Waals surface area (Å²) >= 11 is 0. The molecule has 0 aliphatic rings. The summed E-state index contributed by atoms with van der Waals surface area (Å²) in [4.78, 5) is 2.92. The van der Waals surface area contributed by atoms with E-state index in [0.717, 1.165) is 30.9 Å². The second-order valence-corrected chi connectivity index (χ2v) is 13.8. The third-order valence-corrected chi connectivity index (χ3v) is 9.58. The molecule has 10 heteroatoms. The molecular weight excluding hydrogens is 560 g/mol. The molecule has 0 unspecified atom stereocenters. The summed E-state index contributed by atoms with van der Waals surface area (Å²) in [7, 11) is -9.91. The Kier molecular flexibility index (Phi) is 13.3. The quantitative estimate of drug-likeness (QED) is 0.0985. The first-order valence-electron chi connectivity index (χ1n) is 15.1. The SMILES string of the molecule is CCCCCCCCCCCCCCCCCc1nc2ccc(S(=O)(=O)O)c(S(=O)(=O)O)c2n1Cc1ccccc1. The zero-order valence-corrected chi connectivity index (χ0v) is 25.9. The van der Waals surface area contributed by atoms with Gasteiger partial charge in [0.25, 0.3) is 20.2 Å². The van der Waals surface area contributed by atoms with Crippen molar-refractivity contribution in [2.45, 2.75) is 126 Å². The summed E-state index contributed by atoms with van der Waals surface area (Å²) in [6.45, 7) is 2.49. The molecule has 0 saturated heterocycles. The van der Waals surface area contributed by atoms with Gasteiger partial charge < -0.3 is 4.57 Å². The van der Waals surface area contributed by atoms with Crippen molar-refractivity contribution < 1.29 is 25.9 Å². The van der Waals surface area contributed by atoms with Crippen LogP contribution in [0.3, 0.4) is 0 Å². The van der Waals surface area contributed by atoms with Crippen LogP contribution in [0.5, 0.6) is 0 Å². The number of rotatable bonds is 20. The van der Waals surface area contributed by atoms with Crippen molar-refractivity contribution in [2.75, 3.05) is 0 Å². The Morgan fingerprint density at radius 3 is 1.66 bits per heavy atom. The average molecular weight is 607 g/mol. The fourth-order valence-corrected chi connectivity index (χ4v) is 7.44. The smallest absolute Gasteiger partial charge is 0.298 e. The van der Waals surface area contributed by atoms with E-state index >= 15 is 0 Å². The van der Waals surface area contributed by atoms with Gasteiger partial charge in [-0.15, -0.1) is 0 Å². The van der Waals surface area contributed by atoms with E-state index in [9.17, 15) is 25.9 Å². The first-order valence-corrected chi connectivity index (χ1v) is 18.0. The molecule has 0 radical (unpaired) electrons. The van der Waals surface area contributed by atoms with E-state index in [2.05, 4.69) is 11.9 Å². The maximum Gasteiger partial charge on any atom is 0.298 e. The van der Waals surface area contributed by atoms with Crippen LogP contribution in [0.15, 0.2) is 52.3 Å². The summed E-state index contributed by atoms with van der Waals surface area (Å²) in [5.41, 5.74) is 1.09. The van der Waals surface area contributed by atoms with Crippen molar-refractivity contribution in [3.63, 3.8) is 0 Å². The minimum atomic E-state index is -5.00. The molecule has 0 aliphatic carbocycles. The molecule has 1 heterocycles. The first-order chi connectivity index (χ1) is 19.6. The number of aromatic nitrogens is 2. The van der Waals surface area contributed by atoms with Crippen LogP contribution < -0.4 is 0 Å². The van der Waals surface area contributed by atoms with Gasteiger partial charge in [-0.05, 0) is 24.1 Å². The van der Waals surface area contributed by atoms with Crippen LogP contribution in [0.25, 0.3) is 11.0 Å². The van der Waals surface area contributed by atoms with Gasteiger partial charge in [-0.2, -0.15) is 16.8 Å². The minimum Gasteiger partial charge on any atom is -0.322 e. The topological polar surface area (TPSA) is 127 Å². The van der Waals surface area contributed by atoms with Crippen molar-refractivity contribution in [2.24, 2.45) is 0 Å². The van der Waals surface area contributed by atoms with E-state index in [0.29, 0.717) is 12.2 Å². The maximum absolute atomic E-state index is 12.4. The molecule has 0 amide bonds. The Balaban J connectivity index is 1.59. The van der Waals surface area contributed by atoms with Crippen LogP contribution in [0.2, 0.25) is 0 Å². The summed E-state index contributed by atoms with van der Waals surface area (Å²) in [6.07, 6.45) is 19.4. The lowest BCUT2D eigenvalue weighted by Crippen LogP contribution is -2.12. The van der Waals surface area contributed by atoms with Gasteiger partial charge in [0.05, 0.1) is 11.0 Å². The highest BCUT2D eigenvalue weighted by Crippen LogP contribution is 2.32. The maximum atomic E-state index is 12.4. The first kappa shape index (κ1) is 33.2. The summed E-state index contributed by atoms with van der Waals surface area (Å²) in [5.74, 6) is 0.607. The van der Waals surface area contributed by atoms with Gasteiger partial charge in [-0.25, -0.2) is 4.98 Å². The van der Waals surface area contributed by atoms with E-state index in [-0.39, 0.29) is 17.6 Å². The molecule has 3 aromatic rings. The molecule has 0 saturated carbocycles. The van der Waals surface area contributed by atoms with Crippen molar-refractivity contribution >= 4 is 31.3 Å². The van der Waals surface area contributed by atoms with Crippen LogP contribution in [-0.4, -0.2) is 35.5 Å². The Morgan fingerprint density at radius 1 is 0.659 bits per heavy atom. The van der Waals surface area contributed by atoms with E-state index in [1.807, 2.05) is 30.3 Å². The number of hydrogen-bond donors (Lipinski definition) is 2. The third-order valence-electron chi connectivity index (χ3n) is 7.63. The van der Waals surface area contributed by atoms with Crippen LogP contribution in [-0.2, 0) is 33.2 Å². The molecular formula is C31H46N2O6S2. The number of aryl methyl sites for hydroxylation is 1. The Hall–Kier alpha value is -2.27. The van der Waals surface area contributed by atoms with Crippen molar-refractivity contribution in [1.82, 2.24) is 9.55 Å². The zero-order chi connectivity index (χ0) is 29.7. The number of imidazole rings is 1.